The lowest BCUT2D eigenvalue weighted by Gasteiger charge is -2.32. The van der Waals surface area contributed by atoms with Crippen LogP contribution in [0.4, 0.5) is 23.4 Å². The van der Waals surface area contributed by atoms with Crippen LogP contribution in [-0.2, 0) is 14.3 Å². The number of amides is 2. The molecule has 1 aromatic carbocycles. The third-order valence-electron chi connectivity index (χ3n) is 6.32. The Bertz CT molecular complexity index is 1150. The van der Waals surface area contributed by atoms with E-state index in [1.54, 1.807) is 0 Å². The van der Waals surface area contributed by atoms with E-state index in [-0.39, 0.29) is 35.9 Å². The van der Waals surface area contributed by atoms with Crippen molar-refractivity contribution in [2.75, 3.05) is 25.6 Å². The summed E-state index contributed by atoms with van der Waals surface area (Å²) >= 11 is 0. The first-order valence-corrected chi connectivity index (χ1v) is 10.9. The van der Waals surface area contributed by atoms with Gasteiger partial charge in [0, 0.05) is 36.3 Å². The number of rotatable bonds is 8. The Morgan fingerprint density at radius 1 is 1.25 bits per heavy atom. The fraction of sp³-hybridized carbons (Fsp3) is 0.478. The topological polar surface area (TPSA) is 126 Å². The molecule has 2 amide bonds. The number of nitrogens with zero attached hydrogens (tertiary/aromatic N) is 2. The molecule has 1 aromatic heterocycles. The summed E-state index contributed by atoms with van der Waals surface area (Å²) in [5.74, 6) is -5.57. The highest BCUT2D eigenvalue weighted by Crippen LogP contribution is 2.55. The average molecular weight is 514 g/mol. The third-order valence-corrected chi connectivity index (χ3v) is 6.32. The Balaban J connectivity index is 2.07. The van der Waals surface area contributed by atoms with Crippen LogP contribution in [0.1, 0.15) is 41.5 Å². The zero-order valence-electron chi connectivity index (χ0n) is 20.0. The summed E-state index contributed by atoms with van der Waals surface area (Å²) in [6, 6.07) is 3.62. The van der Waals surface area contributed by atoms with Gasteiger partial charge in [0.2, 0.25) is 5.82 Å². The number of nitrogens with two attached hydrogens (primary N) is 1. The van der Waals surface area contributed by atoms with Gasteiger partial charge in [-0.3, -0.25) is 9.59 Å². The monoisotopic (exact) mass is 514 g/mol. The number of nitrogens with one attached hydrogen (secondary N) is 1. The molecule has 4 atom stereocenters. The highest BCUT2D eigenvalue weighted by atomic mass is 19.4. The van der Waals surface area contributed by atoms with E-state index in [1.165, 1.54) is 33.1 Å². The van der Waals surface area contributed by atoms with Gasteiger partial charge in [-0.1, -0.05) is 13.0 Å². The number of hydrogen-bond acceptors (Lipinski definition) is 7. The first-order chi connectivity index (χ1) is 16.8. The molecule has 13 heteroatoms. The lowest BCUT2D eigenvalue weighted by Crippen LogP contribution is -2.47. The van der Waals surface area contributed by atoms with Crippen LogP contribution in [0.25, 0.3) is 0 Å². The van der Waals surface area contributed by atoms with Crippen molar-refractivity contribution in [1.29, 1.82) is 0 Å². The van der Waals surface area contributed by atoms with Crippen LogP contribution in [0.15, 0.2) is 24.4 Å². The third kappa shape index (κ3) is 5.12. The number of carbonyl (C=O) groups excluding carboxylic acids is 2. The van der Waals surface area contributed by atoms with E-state index in [2.05, 4.69) is 15.3 Å². The maximum absolute atomic E-state index is 14.4. The Kier molecular flexibility index (Phi) is 7.84. The second kappa shape index (κ2) is 10.3. The molecule has 0 unspecified atom stereocenters. The number of primary amides is 1. The van der Waals surface area contributed by atoms with E-state index >= 15 is 0 Å². The molecule has 196 valence electrons. The minimum Gasteiger partial charge on any atom is -0.491 e. The summed E-state index contributed by atoms with van der Waals surface area (Å²) in [7, 11) is 1.43. The Morgan fingerprint density at radius 2 is 1.94 bits per heavy atom. The van der Waals surface area contributed by atoms with Gasteiger partial charge in [-0.05, 0) is 26.0 Å². The summed E-state index contributed by atoms with van der Waals surface area (Å²) < 4.78 is 72.9. The summed E-state index contributed by atoms with van der Waals surface area (Å²) in [4.78, 5) is 32.1. The predicted molar refractivity (Wildman–Crippen MR) is 119 cm³/mol. The second-order valence-corrected chi connectivity index (χ2v) is 8.51. The molecular formula is C23H26F4N4O5. The lowest BCUT2D eigenvalue weighted by atomic mass is 9.76. The number of aromatic nitrogens is 2. The highest BCUT2D eigenvalue weighted by Gasteiger charge is 2.65. The number of benzene rings is 1. The van der Waals surface area contributed by atoms with Crippen LogP contribution in [0.2, 0.25) is 0 Å². The van der Waals surface area contributed by atoms with E-state index in [9.17, 15) is 27.2 Å². The number of alkyl halides is 3. The van der Waals surface area contributed by atoms with Crippen molar-refractivity contribution in [2.45, 2.75) is 44.6 Å². The molecule has 3 rings (SSSR count). The van der Waals surface area contributed by atoms with Gasteiger partial charge < -0.3 is 25.3 Å². The van der Waals surface area contributed by atoms with Crippen molar-refractivity contribution in [3.63, 3.8) is 0 Å². The Hall–Kier alpha value is -3.32. The van der Waals surface area contributed by atoms with Crippen LogP contribution in [0.3, 0.4) is 0 Å². The molecular weight excluding hydrogens is 488 g/mol. The molecule has 0 saturated carbocycles. The smallest absolute Gasteiger partial charge is 0.417 e. The summed E-state index contributed by atoms with van der Waals surface area (Å²) in [6.07, 6.45) is -5.35. The molecule has 0 radical (unpaired) electrons. The summed E-state index contributed by atoms with van der Waals surface area (Å²) in [5, 5.41) is 2.36. The summed E-state index contributed by atoms with van der Waals surface area (Å²) in [5.41, 5.74) is 2.68. The largest absolute Gasteiger partial charge is 0.491 e. The van der Waals surface area contributed by atoms with Crippen molar-refractivity contribution >= 4 is 17.6 Å². The molecule has 1 aliphatic heterocycles. The van der Waals surface area contributed by atoms with Crippen LogP contribution in [-0.4, -0.2) is 60.0 Å². The first-order valence-electron chi connectivity index (χ1n) is 10.9. The average Bonchev–Trinajstić information content (AvgIpc) is 3.09. The zero-order chi connectivity index (χ0) is 26.8. The summed E-state index contributed by atoms with van der Waals surface area (Å²) in [6.45, 7) is 3.73. The van der Waals surface area contributed by atoms with Crippen LogP contribution in [0.5, 0.6) is 5.75 Å². The second-order valence-electron chi connectivity index (χ2n) is 8.51. The van der Waals surface area contributed by atoms with Crippen LogP contribution >= 0.6 is 0 Å². The number of anilines is 1. The number of halogens is 4. The molecule has 9 nitrogen and oxygen atoms in total. The van der Waals surface area contributed by atoms with Crippen molar-refractivity contribution < 1.29 is 41.4 Å². The van der Waals surface area contributed by atoms with E-state index in [0.29, 0.717) is 0 Å². The van der Waals surface area contributed by atoms with E-state index in [4.69, 9.17) is 19.9 Å². The van der Waals surface area contributed by atoms with Gasteiger partial charge in [0.25, 0.3) is 11.8 Å². The normalized spacial score (nSPS) is 23.9. The zero-order valence-corrected chi connectivity index (χ0v) is 20.0. The number of carbonyl (C=O) groups is 2. The van der Waals surface area contributed by atoms with Crippen molar-refractivity contribution in [1.82, 2.24) is 9.97 Å². The molecule has 1 fully saturated rings. The lowest BCUT2D eigenvalue weighted by molar-refractivity contribution is -0.272. The molecule has 1 saturated heterocycles. The maximum atomic E-state index is 14.4. The van der Waals surface area contributed by atoms with Gasteiger partial charge in [0.1, 0.15) is 30.1 Å². The van der Waals surface area contributed by atoms with Gasteiger partial charge in [0.15, 0.2) is 5.60 Å². The van der Waals surface area contributed by atoms with Crippen molar-refractivity contribution in [2.24, 2.45) is 11.7 Å². The number of hydrogen-bond donors (Lipinski definition) is 2. The van der Waals surface area contributed by atoms with Crippen molar-refractivity contribution in [3.8, 4) is 5.75 Å². The van der Waals surface area contributed by atoms with Crippen LogP contribution in [0, 0.1) is 18.7 Å². The fourth-order valence-corrected chi connectivity index (χ4v) is 4.14. The minimum atomic E-state index is -4.83. The van der Waals surface area contributed by atoms with E-state index in [0.717, 1.165) is 19.2 Å². The fourth-order valence-electron chi connectivity index (χ4n) is 4.14. The van der Waals surface area contributed by atoms with Gasteiger partial charge in [-0.2, -0.15) is 13.2 Å². The first kappa shape index (κ1) is 27.3. The van der Waals surface area contributed by atoms with Gasteiger partial charge in [0.05, 0.1) is 6.61 Å². The van der Waals surface area contributed by atoms with E-state index < -0.39 is 53.2 Å². The SMILES string of the molecule is COCCOc1c([C@@H]2[C@@H](C(=O)Nc3ccnc(C(N)=O)n3)O[C@](C)(C(F)(F)F)[C@@H]2C)ccc(F)c1C. The molecule has 1 aliphatic rings. The molecule has 0 bridgehead atoms. The molecule has 36 heavy (non-hydrogen) atoms. The molecule has 3 N–H and O–H groups in total. The highest BCUT2D eigenvalue weighted by molar-refractivity contribution is 5.95. The quantitative estimate of drug-likeness (QED) is 0.410. The van der Waals surface area contributed by atoms with E-state index in [1.807, 2.05) is 0 Å². The molecule has 0 aliphatic carbocycles. The number of methoxy groups -OCH3 is 1. The number of ether oxygens (including phenoxy) is 3. The Morgan fingerprint density at radius 3 is 2.56 bits per heavy atom. The Labute approximate surface area is 204 Å². The van der Waals surface area contributed by atoms with Gasteiger partial charge in [-0.25, -0.2) is 14.4 Å². The molecule has 2 aromatic rings. The van der Waals surface area contributed by atoms with Gasteiger partial charge >= 0.3 is 6.18 Å². The standard InChI is InChI=1S/C23H26F4N4O5/c1-11-14(24)6-5-13(17(11)35-10-9-34-4)16-12(2)22(3,23(25,26)27)36-18(16)21(33)31-15-7-8-29-20(30-15)19(28)32/h5-8,12,16,18H,9-10H2,1-4H3,(H2,28,32)(H,29,30,31,33)/t12-,16-,18+,22+/m1/s1. The maximum Gasteiger partial charge on any atom is 0.417 e. The van der Waals surface area contributed by atoms with Crippen molar-refractivity contribution in [3.05, 3.63) is 47.2 Å². The van der Waals surface area contributed by atoms with Gasteiger partial charge in [-0.15, -0.1) is 0 Å². The molecule has 0 spiro atoms. The predicted octanol–water partition coefficient (Wildman–Crippen LogP) is 3.13. The van der Waals surface area contributed by atoms with Crippen LogP contribution < -0.4 is 15.8 Å². The minimum absolute atomic E-state index is 0.0000171. The molecule has 2 heterocycles.